The molecule has 0 saturated carbocycles. The largest absolute Gasteiger partial charge is 0 e. The Balaban J connectivity index is -0.000000000833. The van der Waals surface area contributed by atoms with E-state index in [9.17, 15) is 0 Å². The molecule has 0 saturated heterocycles. The maximum atomic E-state index is 4.11. The maximum absolute atomic E-state index is 4.11. The summed E-state index contributed by atoms with van der Waals surface area (Å²) in [6.07, 6.45) is 0. The van der Waals surface area contributed by atoms with Gasteiger partial charge in [-0.1, -0.05) is 0 Å². The van der Waals surface area contributed by atoms with Crippen LogP contribution in [-0.2, 0) is 69.8 Å². The third kappa shape index (κ3) is 28.6. The van der Waals surface area contributed by atoms with Crippen LogP contribution in [0.4, 0.5) is 0 Å². The van der Waals surface area contributed by atoms with Gasteiger partial charge in [0.25, 0.3) is 0 Å². The topological polar surface area (TPSA) is 0 Å². The van der Waals surface area contributed by atoms with Gasteiger partial charge in [-0.25, -0.2) is 0 Å². The van der Waals surface area contributed by atoms with Gasteiger partial charge in [-0.3, -0.25) is 0 Å². The summed E-state index contributed by atoms with van der Waals surface area (Å²) in [7, 11) is 4.11. The molecule has 1 radical (unpaired) electrons. The van der Waals surface area contributed by atoms with Gasteiger partial charge in [0.15, 0.2) is 0 Å². The minimum Gasteiger partial charge on any atom is 0 e. The van der Waals surface area contributed by atoms with Crippen LogP contribution in [0.5, 0.6) is 0 Å². The molecule has 0 spiro atoms. The van der Waals surface area contributed by atoms with Crippen LogP contribution in [0.3, 0.4) is 0 Å². The minimum atomic E-state index is 0. The van der Waals surface area contributed by atoms with Crippen molar-refractivity contribution in [3.8, 4) is 0 Å². The van der Waals surface area contributed by atoms with Crippen LogP contribution >= 0.6 is 10.5 Å². The molecule has 0 bridgehead atoms. The normalized spacial score (nSPS) is 0.500. The van der Waals surface area contributed by atoms with Gasteiger partial charge in [-0.2, -0.15) is 0 Å². The van der Waals surface area contributed by atoms with E-state index in [2.05, 4.69) is 10.5 Å². The molecule has 6 heteroatoms. The summed E-state index contributed by atoms with van der Waals surface area (Å²) in [5, 5.41) is 0. The first-order valence-corrected chi connectivity index (χ1v) is 2.60. The third-order valence-electron chi connectivity index (χ3n) is 0. The summed E-state index contributed by atoms with van der Waals surface area (Å²) in [4.78, 5) is 0. The van der Waals surface area contributed by atoms with Gasteiger partial charge >= 0.3 is 25.1 Å². The second kappa shape index (κ2) is 44.8. The first-order chi connectivity index (χ1) is 1.00. The van der Waals surface area contributed by atoms with E-state index in [0.717, 1.165) is 0 Å². The zero-order chi connectivity index (χ0) is 2.00. The molecule has 0 aliphatic rings. The molecule has 0 aromatic carbocycles. The molecule has 0 aliphatic carbocycles. The molecule has 0 amide bonds. The first kappa shape index (κ1) is 36.5. The van der Waals surface area contributed by atoms with Crippen molar-refractivity contribution in [3.05, 3.63) is 0 Å². The molecule has 0 aromatic rings. The summed E-state index contributed by atoms with van der Waals surface area (Å²) >= 11 is 1.44. The zero-order valence-corrected chi connectivity index (χ0v) is 11.2. The van der Waals surface area contributed by atoms with Crippen LogP contribution in [-0.4, -0.2) is 14.6 Å². The van der Waals surface area contributed by atoms with Crippen molar-refractivity contribution in [2.24, 2.45) is 0 Å². The monoisotopic (exact) mass is 297 g/mol. The molecule has 0 atom stereocenters. The number of rotatable bonds is 0. The standard InChI is InChI=1S/Al.Co.Fe.Ni.S.Zn.H. The summed E-state index contributed by atoms with van der Waals surface area (Å²) in [5.41, 5.74) is 0. The number of hydrogen-bond acceptors (Lipinski definition) is 1. The van der Waals surface area contributed by atoms with E-state index in [4.69, 9.17) is 0 Å². The minimum absolute atomic E-state index is 0. The van der Waals surface area contributed by atoms with Crippen molar-refractivity contribution in [3.63, 3.8) is 0 Å². The fourth-order valence-electron chi connectivity index (χ4n) is 0. The van der Waals surface area contributed by atoms with E-state index in [1.165, 1.54) is 14.6 Å². The van der Waals surface area contributed by atoms with E-state index < -0.39 is 0 Å². The quantitative estimate of drug-likeness (QED) is 0.567. The molecule has 39 valence electrons. The van der Waals surface area contributed by atoms with Crippen LogP contribution in [0.2, 0.25) is 0 Å². The van der Waals surface area contributed by atoms with Crippen LogP contribution in [0, 0.1) is 0 Å². The van der Waals surface area contributed by atoms with Gasteiger partial charge in [0.1, 0.15) is 0 Å². The van der Waals surface area contributed by atoms with E-state index >= 15 is 0 Å². The third-order valence-corrected chi connectivity index (χ3v) is 0. The fourth-order valence-corrected chi connectivity index (χ4v) is 0. The van der Waals surface area contributed by atoms with Crippen molar-refractivity contribution in [2.75, 3.05) is 0 Å². The Bertz CT molecular complexity index is 15.5. The van der Waals surface area contributed by atoms with Crippen molar-refractivity contribution in [1.82, 2.24) is 0 Å². The maximum Gasteiger partial charge on any atom is 0 e. The Labute approximate surface area is 93.6 Å². The van der Waals surface area contributed by atoms with E-state index in [-0.39, 0.29) is 69.8 Å². The number of hydrogen-bond donors (Lipinski definition) is 0. The first-order valence-electron chi connectivity index (χ1n) is 0.289. The summed E-state index contributed by atoms with van der Waals surface area (Å²) in [6, 6.07) is 0. The van der Waals surface area contributed by atoms with Gasteiger partial charge in [0, 0.05) is 69.8 Å². The predicted octanol–water partition coefficient (Wildman–Crippen LogP) is -0.0103. The summed E-state index contributed by atoms with van der Waals surface area (Å²) in [6.45, 7) is 0. The summed E-state index contributed by atoms with van der Waals surface area (Å²) in [5.74, 6) is 0. The molecular weight excluding hydrogens is 298 g/mol. The Kier molecular flexibility index (Phi) is 273. The molecule has 0 rings (SSSR count). The summed E-state index contributed by atoms with van der Waals surface area (Å²) < 4.78 is 0. The molecule has 0 N–H and O–H groups in total. The van der Waals surface area contributed by atoms with Crippen molar-refractivity contribution in [2.45, 2.75) is 0 Å². The molecule has 0 fully saturated rings. The van der Waals surface area contributed by atoms with Crippen LogP contribution in [0.25, 0.3) is 0 Å². The molecule has 0 aromatic heterocycles. The van der Waals surface area contributed by atoms with Crippen molar-refractivity contribution in [1.29, 1.82) is 0 Å². The zero-order valence-electron chi connectivity index (χ0n) is 2.83. The molecule has 6 heavy (non-hydrogen) atoms. The Morgan fingerprint density at radius 2 is 1.17 bits per heavy atom. The Morgan fingerprint density at radius 3 is 1.17 bits per heavy atom. The molecule has 0 heterocycles. The second-order valence-electron chi connectivity index (χ2n) is 0. The van der Waals surface area contributed by atoms with Crippen molar-refractivity contribution < 1.29 is 69.8 Å². The smallest absolute Gasteiger partial charge is 0 e. The van der Waals surface area contributed by atoms with Crippen LogP contribution in [0.1, 0.15) is 0 Å². The Hall–Kier alpha value is 2.90. The average Bonchev–Trinajstić information content (AvgIpc) is 1.00. The molecule has 0 nitrogen and oxygen atoms in total. The van der Waals surface area contributed by atoms with Gasteiger partial charge in [-0.05, 0) is 0 Å². The van der Waals surface area contributed by atoms with Gasteiger partial charge < -0.3 is 0 Å². The van der Waals surface area contributed by atoms with Crippen molar-refractivity contribution >= 4 is 25.1 Å². The SMILES string of the molecule is [AlH]=[S].[Co].[Fe].[Ni].[Zn]. The van der Waals surface area contributed by atoms with Gasteiger partial charge in [-0.15, -0.1) is 0 Å². The Morgan fingerprint density at radius 1 is 1.17 bits per heavy atom. The van der Waals surface area contributed by atoms with Crippen LogP contribution in [0.15, 0.2) is 0 Å². The predicted molar refractivity (Wildman–Crippen MR) is 14.7 cm³/mol. The van der Waals surface area contributed by atoms with Gasteiger partial charge in [0.2, 0.25) is 0 Å². The molecular formula is HAlCoFeNiSZn. The van der Waals surface area contributed by atoms with E-state index in [1.807, 2.05) is 0 Å². The van der Waals surface area contributed by atoms with Gasteiger partial charge in [0.05, 0.1) is 0 Å². The second-order valence-corrected chi connectivity index (χ2v) is 0. The van der Waals surface area contributed by atoms with E-state index in [0.29, 0.717) is 0 Å². The van der Waals surface area contributed by atoms with Crippen LogP contribution < -0.4 is 0 Å². The molecule has 0 aliphatic heterocycles. The average molecular weight is 299 g/mol. The fraction of sp³-hybridized carbons (Fsp3) is 0. The molecule has 0 unspecified atom stereocenters. The van der Waals surface area contributed by atoms with E-state index in [1.54, 1.807) is 0 Å².